The predicted molar refractivity (Wildman–Crippen MR) is 45.2 cm³/mol. The van der Waals surface area contributed by atoms with Crippen LogP contribution in [-0.2, 0) is 0 Å². The number of aromatic nitrogens is 2. The Balaban J connectivity index is 2.58. The van der Waals surface area contributed by atoms with E-state index in [1.165, 1.54) is 6.07 Å². The Labute approximate surface area is 78.3 Å². The van der Waals surface area contributed by atoms with Crippen molar-refractivity contribution in [3.8, 4) is 11.5 Å². The standard InChI is InChI=1S/C8H4N3O3/c12-11(13)7-4-2-1-3-6(7)8-10-9-5-14-8/h1-4H. The molecule has 0 bridgehead atoms. The number of hydrogen-bond donors (Lipinski definition) is 0. The maximum atomic E-state index is 10.6. The minimum absolute atomic E-state index is 0.0647. The number of rotatable bonds is 2. The van der Waals surface area contributed by atoms with Crippen LogP contribution in [0.15, 0.2) is 28.7 Å². The largest absolute Gasteiger partial charge is 0.412 e. The van der Waals surface area contributed by atoms with Crippen molar-refractivity contribution in [2.45, 2.75) is 0 Å². The van der Waals surface area contributed by atoms with Crippen molar-refractivity contribution in [3.05, 3.63) is 40.8 Å². The summed E-state index contributed by atoms with van der Waals surface area (Å²) in [6, 6.07) is 6.15. The van der Waals surface area contributed by atoms with Gasteiger partial charge in [0.15, 0.2) is 0 Å². The summed E-state index contributed by atoms with van der Waals surface area (Å²) in [4.78, 5) is 10.1. The molecule has 2 rings (SSSR count). The Hall–Kier alpha value is -2.24. The number of nitro benzene ring substituents is 1. The number of benzene rings is 1. The van der Waals surface area contributed by atoms with E-state index in [0.29, 0.717) is 5.56 Å². The van der Waals surface area contributed by atoms with E-state index in [4.69, 9.17) is 4.42 Å². The van der Waals surface area contributed by atoms with Gasteiger partial charge in [-0.25, -0.2) is 0 Å². The summed E-state index contributed by atoms with van der Waals surface area (Å²) in [5, 5.41) is 17.5. The van der Waals surface area contributed by atoms with Crippen molar-refractivity contribution in [1.29, 1.82) is 0 Å². The van der Waals surface area contributed by atoms with Gasteiger partial charge in [0.2, 0.25) is 0 Å². The molecular formula is C8H4N3O3. The highest BCUT2D eigenvalue weighted by atomic mass is 16.6. The minimum Gasteiger partial charge on any atom is -0.412 e. The van der Waals surface area contributed by atoms with Gasteiger partial charge in [0.1, 0.15) is 5.56 Å². The lowest BCUT2D eigenvalue weighted by atomic mass is 10.2. The van der Waals surface area contributed by atoms with Gasteiger partial charge in [-0.3, -0.25) is 10.1 Å². The predicted octanol–water partition coefficient (Wildman–Crippen LogP) is 1.44. The van der Waals surface area contributed by atoms with E-state index in [9.17, 15) is 10.1 Å². The first kappa shape index (κ1) is 8.36. The van der Waals surface area contributed by atoms with Gasteiger partial charge in [-0.15, -0.1) is 10.2 Å². The van der Waals surface area contributed by atoms with Crippen LogP contribution in [0.3, 0.4) is 0 Å². The maximum absolute atomic E-state index is 10.6. The lowest BCUT2D eigenvalue weighted by Gasteiger charge is -1.95. The molecule has 69 valence electrons. The van der Waals surface area contributed by atoms with Crippen molar-refractivity contribution in [1.82, 2.24) is 10.2 Å². The smallest absolute Gasteiger partial charge is 0.306 e. The molecule has 6 heteroatoms. The zero-order chi connectivity index (χ0) is 9.97. The highest BCUT2D eigenvalue weighted by molar-refractivity contribution is 5.65. The maximum Gasteiger partial charge on any atom is 0.306 e. The SMILES string of the molecule is O=[N+]([O-])c1ccccc1-c1nn[c]o1. The van der Waals surface area contributed by atoms with Crippen molar-refractivity contribution in [3.63, 3.8) is 0 Å². The Morgan fingerprint density at radius 1 is 1.43 bits per heavy atom. The van der Waals surface area contributed by atoms with Crippen LogP contribution >= 0.6 is 0 Å². The first-order valence-corrected chi connectivity index (χ1v) is 3.72. The molecule has 0 aliphatic heterocycles. The first-order chi connectivity index (χ1) is 6.79. The Morgan fingerprint density at radius 3 is 2.86 bits per heavy atom. The van der Waals surface area contributed by atoms with Gasteiger partial charge < -0.3 is 4.42 Å². The van der Waals surface area contributed by atoms with Crippen LogP contribution in [0, 0.1) is 16.5 Å². The minimum atomic E-state index is -0.500. The molecular weight excluding hydrogens is 186 g/mol. The number of nitrogens with zero attached hydrogens (tertiary/aromatic N) is 3. The topological polar surface area (TPSA) is 82.1 Å². The van der Waals surface area contributed by atoms with Crippen LogP contribution in [0.2, 0.25) is 0 Å². The van der Waals surface area contributed by atoms with Gasteiger partial charge >= 0.3 is 6.39 Å². The second-order valence-corrected chi connectivity index (χ2v) is 2.47. The van der Waals surface area contributed by atoms with Gasteiger partial charge in [-0.1, -0.05) is 12.1 Å². The molecule has 0 unspecified atom stereocenters. The van der Waals surface area contributed by atoms with Crippen LogP contribution in [0.25, 0.3) is 11.5 Å². The van der Waals surface area contributed by atoms with E-state index in [0.717, 1.165) is 0 Å². The highest BCUT2D eigenvalue weighted by Gasteiger charge is 2.17. The lowest BCUT2D eigenvalue weighted by Crippen LogP contribution is -1.91. The summed E-state index contributed by atoms with van der Waals surface area (Å²) in [6.45, 7) is 0. The molecule has 2 aromatic rings. The van der Waals surface area contributed by atoms with Gasteiger partial charge in [-0.05, 0) is 6.07 Å². The molecule has 1 radical (unpaired) electrons. The third kappa shape index (κ3) is 1.33. The van der Waals surface area contributed by atoms with Crippen molar-refractivity contribution in [2.75, 3.05) is 0 Å². The van der Waals surface area contributed by atoms with Crippen LogP contribution in [0.4, 0.5) is 5.69 Å². The van der Waals surface area contributed by atoms with Gasteiger partial charge in [0, 0.05) is 6.07 Å². The summed E-state index contributed by atoms with van der Waals surface area (Å²) in [7, 11) is 0. The normalized spacial score (nSPS) is 10.0. The average Bonchev–Trinajstić information content (AvgIpc) is 2.70. The van der Waals surface area contributed by atoms with E-state index < -0.39 is 4.92 Å². The molecule has 0 aliphatic rings. The molecule has 0 fully saturated rings. The molecule has 0 N–H and O–H groups in total. The van der Waals surface area contributed by atoms with E-state index in [1.54, 1.807) is 18.2 Å². The highest BCUT2D eigenvalue weighted by Crippen LogP contribution is 2.26. The first-order valence-electron chi connectivity index (χ1n) is 3.72. The quantitative estimate of drug-likeness (QED) is 0.528. The zero-order valence-corrected chi connectivity index (χ0v) is 6.88. The fourth-order valence-electron chi connectivity index (χ4n) is 1.07. The van der Waals surface area contributed by atoms with Crippen LogP contribution in [0.5, 0.6) is 0 Å². The molecule has 0 amide bonds. The molecule has 6 nitrogen and oxygen atoms in total. The number of nitro groups is 1. The van der Waals surface area contributed by atoms with E-state index in [1.807, 2.05) is 0 Å². The monoisotopic (exact) mass is 190 g/mol. The average molecular weight is 190 g/mol. The summed E-state index contributed by atoms with van der Waals surface area (Å²) in [5.74, 6) is 0.0947. The summed E-state index contributed by atoms with van der Waals surface area (Å²) >= 11 is 0. The summed E-state index contributed by atoms with van der Waals surface area (Å²) < 4.78 is 4.76. The molecule has 14 heavy (non-hydrogen) atoms. The van der Waals surface area contributed by atoms with E-state index in [2.05, 4.69) is 16.6 Å². The molecule has 1 aromatic carbocycles. The van der Waals surface area contributed by atoms with Gasteiger partial charge in [-0.2, -0.15) is 0 Å². The van der Waals surface area contributed by atoms with Crippen molar-refractivity contribution < 1.29 is 9.34 Å². The molecule has 0 atom stereocenters. The van der Waals surface area contributed by atoms with E-state index in [-0.39, 0.29) is 11.6 Å². The van der Waals surface area contributed by atoms with Crippen molar-refractivity contribution in [2.24, 2.45) is 0 Å². The molecule has 0 spiro atoms. The summed E-state index contributed by atoms with van der Waals surface area (Å²) in [6.07, 6.45) is 2.14. The van der Waals surface area contributed by atoms with Gasteiger partial charge in [0.05, 0.1) is 4.92 Å². The fourth-order valence-corrected chi connectivity index (χ4v) is 1.07. The summed E-state index contributed by atoms with van der Waals surface area (Å²) in [5.41, 5.74) is 0.233. The third-order valence-corrected chi connectivity index (χ3v) is 1.66. The number of hydrogen-bond acceptors (Lipinski definition) is 5. The van der Waals surface area contributed by atoms with Crippen LogP contribution < -0.4 is 0 Å². The molecule has 1 heterocycles. The molecule has 0 saturated carbocycles. The third-order valence-electron chi connectivity index (χ3n) is 1.66. The second-order valence-electron chi connectivity index (χ2n) is 2.47. The second kappa shape index (κ2) is 3.25. The molecule has 0 saturated heterocycles. The lowest BCUT2D eigenvalue weighted by molar-refractivity contribution is -0.384. The van der Waals surface area contributed by atoms with Gasteiger partial charge in [0.25, 0.3) is 11.6 Å². The van der Waals surface area contributed by atoms with Crippen molar-refractivity contribution >= 4 is 5.69 Å². The van der Waals surface area contributed by atoms with E-state index >= 15 is 0 Å². The zero-order valence-electron chi connectivity index (χ0n) is 6.88. The molecule has 0 aliphatic carbocycles. The molecule has 1 aromatic heterocycles. The van der Waals surface area contributed by atoms with Crippen LogP contribution in [0.1, 0.15) is 0 Å². The Morgan fingerprint density at radius 2 is 2.21 bits per heavy atom. The Bertz CT molecular complexity index is 453. The van der Waals surface area contributed by atoms with Crippen LogP contribution in [-0.4, -0.2) is 15.1 Å². The fraction of sp³-hybridized carbons (Fsp3) is 0. The Kier molecular flexibility index (Phi) is 1.94. The number of para-hydroxylation sites is 1.